The quantitative estimate of drug-likeness (QED) is 0.496. The normalized spacial score (nSPS) is 18.7. The number of hydrogen-bond acceptors (Lipinski definition) is 3. The van der Waals surface area contributed by atoms with Crippen LogP contribution in [0.1, 0.15) is 31.2 Å². The maximum absolute atomic E-state index is 13.7. The molecule has 6 rings (SSSR count). The van der Waals surface area contributed by atoms with E-state index in [-0.39, 0.29) is 5.41 Å². The van der Waals surface area contributed by atoms with Crippen LogP contribution < -0.4 is 4.90 Å². The third-order valence-corrected chi connectivity index (χ3v) is 7.53. The topological polar surface area (TPSA) is 52.2 Å². The number of carbonyl (C=O) groups excluding carboxylic acids is 1. The minimum atomic E-state index is -0.217. The summed E-state index contributed by atoms with van der Waals surface area (Å²) in [5, 5.41) is 3.63. The molecule has 2 aromatic carbocycles. The Kier molecular flexibility index (Phi) is 4.63. The largest absolute Gasteiger partial charge is 0.361 e. The van der Waals surface area contributed by atoms with Crippen molar-refractivity contribution in [3.63, 3.8) is 0 Å². The number of aromatic nitrogens is 2. The summed E-state index contributed by atoms with van der Waals surface area (Å²) in [6, 6.07) is 18.8. The number of H-pyrrole nitrogens is 1. The second-order valence-corrected chi connectivity index (χ2v) is 9.31. The Morgan fingerprint density at radius 2 is 1.69 bits per heavy atom. The number of carbonyl (C=O) groups is 1. The van der Waals surface area contributed by atoms with Crippen LogP contribution in [0.25, 0.3) is 21.7 Å². The molecule has 0 aliphatic carbocycles. The van der Waals surface area contributed by atoms with Gasteiger partial charge in [-0.2, -0.15) is 0 Å². The summed E-state index contributed by atoms with van der Waals surface area (Å²) in [5.41, 5.74) is 2.13. The number of pyridine rings is 1. The molecule has 5 nitrogen and oxygen atoms in total. The fourth-order valence-electron chi connectivity index (χ4n) is 5.74. The van der Waals surface area contributed by atoms with E-state index in [4.69, 9.17) is 4.98 Å². The number of nitrogens with one attached hydrogen (secondary N) is 1. The number of hydrogen-bond donors (Lipinski definition) is 1. The standard InChI is InChI=1S/C27H28N4O/c32-26-27(11-5-15-31(26)19-21-18-29-24-9-4-3-7-22(21)24)12-16-30(17-13-27)25-23-8-2-1-6-20(23)10-14-28-25/h1-4,6-10,14,18,29H,5,11-13,15-17,19H2. The molecule has 0 bridgehead atoms. The Morgan fingerprint density at radius 3 is 2.56 bits per heavy atom. The summed E-state index contributed by atoms with van der Waals surface area (Å²) < 4.78 is 0. The molecular weight excluding hydrogens is 396 g/mol. The number of para-hydroxylation sites is 1. The SMILES string of the molecule is O=C1N(Cc2c[nH]c3ccccc23)CCCC12CCN(c1nccc3ccccc13)CC2. The van der Waals surface area contributed by atoms with Gasteiger partial charge in [0.15, 0.2) is 0 Å². The number of aromatic amines is 1. The van der Waals surface area contributed by atoms with Gasteiger partial charge >= 0.3 is 0 Å². The maximum Gasteiger partial charge on any atom is 0.229 e. The van der Waals surface area contributed by atoms with Gasteiger partial charge in [0.25, 0.3) is 0 Å². The third-order valence-electron chi connectivity index (χ3n) is 7.53. The van der Waals surface area contributed by atoms with Gasteiger partial charge in [-0.1, -0.05) is 42.5 Å². The van der Waals surface area contributed by atoms with Gasteiger partial charge in [0.05, 0.1) is 5.41 Å². The van der Waals surface area contributed by atoms with Gasteiger partial charge in [0.1, 0.15) is 5.82 Å². The molecule has 2 aliphatic rings. The van der Waals surface area contributed by atoms with E-state index in [9.17, 15) is 4.79 Å². The fourth-order valence-corrected chi connectivity index (χ4v) is 5.74. The van der Waals surface area contributed by atoms with Gasteiger partial charge in [-0.3, -0.25) is 4.79 Å². The summed E-state index contributed by atoms with van der Waals surface area (Å²) in [6.07, 6.45) is 7.86. The average Bonchev–Trinajstić information content (AvgIpc) is 3.25. The smallest absolute Gasteiger partial charge is 0.229 e. The van der Waals surface area contributed by atoms with E-state index in [1.54, 1.807) is 0 Å². The Balaban J connectivity index is 1.21. The first kappa shape index (κ1) is 19.4. The molecule has 0 radical (unpaired) electrons. The van der Waals surface area contributed by atoms with Crippen molar-refractivity contribution >= 4 is 33.4 Å². The number of piperidine rings is 2. The van der Waals surface area contributed by atoms with Crippen LogP contribution in [0.5, 0.6) is 0 Å². The van der Waals surface area contributed by atoms with Crippen molar-refractivity contribution in [2.75, 3.05) is 24.5 Å². The van der Waals surface area contributed by atoms with E-state index in [0.717, 1.165) is 56.7 Å². The molecule has 4 heterocycles. The molecule has 32 heavy (non-hydrogen) atoms. The van der Waals surface area contributed by atoms with E-state index >= 15 is 0 Å². The molecule has 0 unspecified atom stereocenters. The van der Waals surface area contributed by atoms with Crippen molar-refractivity contribution in [2.45, 2.75) is 32.2 Å². The van der Waals surface area contributed by atoms with Crippen LogP contribution in [0, 0.1) is 5.41 Å². The predicted octanol–water partition coefficient (Wildman–Crippen LogP) is 5.13. The molecule has 5 heteroatoms. The zero-order valence-corrected chi connectivity index (χ0v) is 18.3. The molecular formula is C27H28N4O. The summed E-state index contributed by atoms with van der Waals surface area (Å²) in [6.45, 7) is 3.31. The number of benzene rings is 2. The monoisotopic (exact) mass is 424 g/mol. The van der Waals surface area contributed by atoms with Crippen molar-refractivity contribution in [2.24, 2.45) is 5.41 Å². The highest BCUT2D eigenvalue weighted by atomic mass is 16.2. The molecule has 2 aromatic heterocycles. The molecule has 1 N–H and O–H groups in total. The number of rotatable bonds is 3. The van der Waals surface area contributed by atoms with Crippen LogP contribution in [-0.4, -0.2) is 40.4 Å². The zero-order valence-electron chi connectivity index (χ0n) is 18.3. The number of likely N-dealkylation sites (tertiary alicyclic amines) is 1. The van der Waals surface area contributed by atoms with Crippen LogP contribution in [0.15, 0.2) is 67.0 Å². The highest BCUT2D eigenvalue weighted by Gasteiger charge is 2.45. The molecule has 1 spiro atoms. The second kappa shape index (κ2) is 7.66. The van der Waals surface area contributed by atoms with E-state index < -0.39 is 0 Å². The van der Waals surface area contributed by atoms with E-state index in [1.165, 1.54) is 21.7 Å². The number of anilines is 1. The molecule has 0 saturated carbocycles. The second-order valence-electron chi connectivity index (χ2n) is 9.31. The van der Waals surface area contributed by atoms with Crippen LogP contribution >= 0.6 is 0 Å². The van der Waals surface area contributed by atoms with Crippen molar-refractivity contribution in [1.29, 1.82) is 0 Å². The lowest BCUT2D eigenvalue weighted by atomic mass is 9.71. The fraction of sp³-hybridized carbons (Fsp3) is 0.333. The van der Waals surface area contributed by atoms with Crippen LogP contribution in [0.2, 0.25) is 0 Å². The molecule has 2 aliphatic heterocycles. The van der Waals surface area contributed by atoms with Crippen LogP contribution in [0.3, 0.4) is 0 Å². The Bertz CT molecular complexity index is 1280. The highest BCUT2D eigenvalue weighted by molar-refractivity contribution is 5.92. The highest BCUT2D eigenvalue weighted by Crippen LogP contribution is 2.43. The van der Waals surface area contributed by atoms with E-state index in [1.807, 2.05) is 12.3 Å². The van der Waals surface area contributed by atoms with Crippen molar-refractivity contribution in [3.05, 3.63) is 72.6 Å². The van der Waals surface area contributed by atoms with Gasteiger partial charge in [-0.25, -0.2) is 4.98 Å². The van der Waals surface area contributed by atoms with Crippen molar-refractivity contribution < 1.29 is 4.79 Å². The molecule has 0 atom stereocenters. The summed E-state index contributed by atoms with van der Waals surface area (Å²) in [4.78, 5) is 26.2. The first-order chi connectivity index (χ1) is 15.7. The maximum atomic E-state index is 13.7. The van der Waals surface area contributed by atoms with Gasteiger partial charge in [0.2, 0.25) is 5.91 Å². The molecule has 162 valence electrons. The lowest BCUT2D eigenvalue weighted by Crippen LogP contribution is -2.53. The minimum Gasteiger partial charge on any atom is -0.361 e. The van der Waals surface area contributed by atoms with E-state index in [2.05, 4.69) is 69.5 Å². The van der Waals surface area contributed by atoms with Crippen molar-refractivity contribution in [1.82, 2.24) is 14.9 Å². The first-order valence-electron chi connectivity index (χ1n) is 11.7. The van der Waals surface area contributed by atoms with Gasteiger partial charge < -0.3 is 14.8 Å². The first-order valence-corrected chi connectivity index (χ1v) is 11.7. The minimum absolute atomic E-state index is 0.217. The molecule has 4 aromatic rings. The molecule has 2 fully saturated rings. The van der Waals surface area contributed by atoms with Gasteiger partial charge in [-0.15, -0.1) is 0 Å². The third kappa shape index (κ3) is 3.15. The van der Waals surface area contributed by atoms with E-state index in [0.29, 0.717) is 12.5 Å². The van der Waals surface area contributed by atoms with Gasteiger partial charge in [-0.05, 0) is 48.8 Å². The number of amides is 1. The zero-order chi connectivity index (χ0) is 21.5. The summed E-state index contributed by atoms with van der Waals surface area (Å²) in [7, 11) is 0. The summed E-state index contributed by atoms with van der Waals surface area (Å²) in [5.74, 6) is 1.40. The Morgan fingerprint density at radius 1 is 0.906 bits per heavy atom. The number of fused-ring (bicyclic) bond motifs is 2. The van der Waals surface area contributed by atoms with Crippen LogP contribution in [0.4, 0.5) is 5.82 Å². The number of nitrogens with zero attached hydrogens (tertiary/aromatic N) is 3. The lowest BCUT2D eigenvalue weighted by molar-refractivity contribution is -0.148. The van der Waals surface area contributed by atoms with Crippen LogP contribution in [-0.2, 0) is 11.3 Å². The van der Waals surface area contributed by atoms with Gasteiger partial charge in [0, 0.05) is 54.9 Å². The lowest BCUT2D eigenvalue weighted by Gasteiger charge is -2.46. The molecule has 2 saturated heterocycles. The average molecular weight is 425 g/mol. The summed E-state index contributed by atoms with van der Waals surface area (Å²) >= 11 is 0. The molecule has 1 amide bonds. The Labute approximate surface area is 188 Å². The Hall–Kier alpha value is -3.34. The van der Waals surface area contributed by atoms with Crippen molar-refractivity contribution in [3.8, 4) is 0 Å². The predicted molar refractivity (Wildman–Crippen MR) is 129 cm³/mol.